The number of hydrogen-bond acceptors (Lipinski definition) is 7. The van der Waals surface area contributed by atoms with Crippen LogP contribution in [0.5, 0.6) is 11.5 Å². The zero-order valence-electron chi connectivity index (χ0n) is 24.2. The number of pyridine rings is 1. The molecule has 1 saturated carbocycles. The molecule has 0 unspecified atom stereocenters. The van der Waals surface area contributed by atoms with E-state index in [1.54, 1.807) is 24.4 Å². The summed E-state index contributed by atoms with van der Waals surface area (Å²) in [5, 5.41) is 12.3. The first-order valence-corrected chi connectivity index (χ1v) is 14.9. The van der Waals surface area contributed by atoms with Gasteiger partial charge in [0, 0.05) is 72.6 Å². The highest BCUT2D eigenvalue weighted by atomic mass is 16.5. The predicted molar refractivity (Wildman–Crippen MR) is 158 cm³/mol. The van der Waals surface area contributed by atoms with Crippen LogP contribution in [0.4, 0.5) is 0 Å². The number of aromatic carboxylic acids is 1. The Morgan fingerprint density at radius 3 is 2.58 bits per heavy atom. The highest BCUT2D eigenvalue weighted by Gasteiger charge is 2.44. The van der Waals surface area contributed by atoms with Gasteiger partial charge in [-0.05, 0) is 68.1 Å². The van der Waals surface area contributed by atoms with E-state index in [2.05, 4.69) is 22.7 Å². The van der Waals surface area contributed by atoms with E-state index < -0.39 is 11.6 Å². The number of aromatic nitrogens is 2. The number of carboxylic acids is 1. The molecule has 2 aromatic carbocycles. The molecular formula is C34H32N3O6-. The number of piperidine rings is 1. The van der Waals surface area contributed by atoms with Gasteiger partial charge in [0.05, 0.1) is 30.1 Å². The molecule has 7 rings (SSSR count). The largest absolute Gasteiger partial charge is 0.545 e. The van der Waals surface area contributed by atoms with Crippen molar-refractivity contribution in [2.45, 2.75) is 57.6 Å². The lowest BCUT2D eigenvalue weighted by Crippen LogP contribution is -2.52. The Balaban J connectivity index is 1.10. The second kappa shape index (κ2) is 10.3. The number of amides is 1. The number of carbonyl (C=O) groups is 3. The van der Waals surface area contributed by atoms with E-state index in [-0.39, 0.29) is 23.7 Å². The summed E-state index contributed by atoms with van der Waals surface area (Å²) in [7, 11) is 0. The van der Waals surface area contributed by atoms with Crippen LogP contribution in [-0.2, 0) is 0 Å². The minimum atomic E-state index is -1.31. The molecule has 9 heteroatoms. The fourth-order valence-electron chi connectivity index (χ4n) is 6.55. The SMILES string of the molecule is CCOc1cc(C(=O)N2CCC3(CC2)CC(=O)c2cc(-c4cncc(C(=O)[O-])c4)ccc2O3)cc2c1c(C)cn2C1CC1. The number of Topliss-reactive ketones (excluding diaryl/α,β-unsaturated/α-hetero) is 1. The Hall–Kier alpha value is -4.66. The molecule has 2 aliphatic heterocycles. The van der Waals surface area contributed by atoms with Crippen LogP contribution < -0.4 is 14.6 Å². The first-order valence-electron chi connectivity index (χ1n) is 14.9. The number of hydrogen-bond donors (Lipinski definition) is 0. The molecule has 0 radical (unpaired) electrons. The Morgan fingerprint density at radius 2 is 1.86 bits per heavy atom. The van der Waals surface area contributed by atoms with Crippen LogP contribution in [0.3, 0.4) is 0 Å². The monoisotopic (exact) mass is 578 g/mol. The maximum atomic E-state index is 13.8. The quantitative estimate of drug-likeness (QED) is 0.324. The average molecular weight is 579 g/mol. The van der Waals surface area contributed by atoms with Crippen molar-refractivity contribution in [1.82, 2.24) is 14.5 Å². The molecule has 2 fully saturated rings. The lowest BCUT2D eigenvalue weighted by atomic mass is 9.82. The van der Waals surface area contributed by atoms with E-state index in [0.717, 1.165) is 35.1 Å². The normalized spacial score (nSPS) is 17.5. The van der Waals surface area contributed by atoms with Crippen molar-refractivity contribution in [3.63, 3.8) is 0 Å². The fourth-order valence-corrected chi connectivity index (χ4v) is 6.55. The summed E-state index contributed by atoms with van der Waals surface area (Å²) in [5.74, 6) is -0.134. The second-order valence-corrected chi connectivity index (χ2v) is 11.9. The summed E-state index contributed by atoms with van der Waals surface area (Å²) < 4.78 is 14.8. The third-order valence-electron chi connectivity index (χ3n) is 8.93. The molecule has 0 atom stereocenters. The van der Waals surface area contributed by atoms with Crippen molar-refractivity contribution in [2.24, 2.45) is 0 Å². The molecule has 3 aliphatic rings. The van der Waals surface area contributed by atoms with Crippen molar-refractivity contribution in [3.8, 4) is 22.6 Å². The topological polar surface area (TPSA) is 114 Å². The van der Waals surface area contributed by atoms with Crippen LogP contribution in [0.15, 0.2) is 55.0 Å². The zero-order chi connectivity index (χ0) is 29.9. The zero-order valence-corrected chi connectivity index (χ0v) is 24.2. The van der Waals surface area contributed by atoms with Gasteiger partial charge in [-0.1, -0.05) is 6.07 Å². The van der Waals surface area contributed by atoms with Gasteiger partial charge in [0.2, 0.25) is 0 Å². The lowest BCUT2D eigenvalue weighted by Gasteiger charge is -2.44. The van der Waals surface area contributed by atoms with Crippen LogP contribution in [0, 0.1) is 6.92 Å². The molecule has 4 aromatic rings. The van der Waals surface area contributed by atoms with Gasteiger partial charge in [-0.3, -0.25) is 14.6 Å². The molecule has 2 aromatic heterocycles. The van der Waals surface area contributed by atoms with Gasteiger partial charge in [0.15, 0.2) is 5.78 Å². The fraction of sp³-hybridized carbons (Fsp3) is 0.353. The molecule has 9 nitrogen and oxygen atoms in total. The summed E-state index contributed by atoms with van der Waals surface area (Å²) in [6.07, 6.45) is 8.56. The predicted octanol–water partition coefficient (Wildman–Crippen LogP) is 4.75. The van der Waals surface area contributed by atoms with Crippen LogP contribution in [0.25, 0.3) is 22.0 Å². The second-order valence-electron chi connectivity index (χ2n) is 11.9. The standard InChI is InChI=1S/C34H33N3O6/c1-3-42-30-15-22(14-27-31(30)20(2)19-37(27)25-5-6-25)32(39)36-10-8-34(9-11-36)16-28(38)26-13-21(4-7-29(26)43-34)23-12-24(33(40)41)18-35-17-23/h4,7,12-15,17-19,25H,3,5-6,8-11,16H2,1-2H3,(H,40,41)/p-1. The number of ether oxygens (including phenoxy) is 2. The maximum absolute atomic E-state index is 13.8. The minimum Gasteiger partial charge on any atom is -0.545 e. The van der Waals surface area contributed by atoms with Gasteiger partial charge in [-0.2, -0.15) is 0 Å². The summed E-state index contributed by atoms with van der Waals surface area (Å²) in [5.41, 5.74) is 3.83. The van der Waals surface area contributed by atoms with Crippen molar-refractivity contribution in [1.29, 1.82) is 0 Å². The van der Waals surface area contributed by atoms with Crippen molar-refractivity contribution in [3.05, 3.63) is 77.2 Å². The number of likely N-dealkylation sites (tertiary alicyclic amines) is 1. The molecule has 220 valence electrons. The summed E-state index contributed by atoms with van der Waals surface area (Å²) in [6, 6.07) is 11.1. The molecule has 1 saturated heterocycles. The van der Waals surface area contributed by atoms with Gasteiger partial charge in [-0.25, -0.2) is 0 Å². The first kappa shape index (κ1) is 27.2. The van der Waals surface area contributed by atoms with Crippen LogP contribution in [0.1, 0.15) is 81.7 Å². The Bertz CT molecular complexity index is 1800. The third kappa shape index (κ3) is 4.82. The van der Waals surface area contributed by atoms with Gasteiger partial charge >= 0.3 is 0 Å². The molecular weight excluding hydrogens is 546 g/mol. The van der Waals surface area contributed by atoms with Gasteiger partial charge < -0.3 is 28.8 Å². The van der Waals surface area contributed by atoms with Crippen LogP contribution in [-0.4, -0.2) is 57.4 Å². The number of rotatable bonds is 6. The number of carboxylic acid groups (broad SMARTS) is 1. The van der Waals surface area contributed by atoms with E-state index in [4.69, 9.17) is 9.47 Å². The van der Waals surface area contributed by atoms with E-state index in [9.17, 15) is 19.5 Å². The first-order chi connectivity index (χ1) is 20.7. The summed E-state index contributed by atoms with van der Waals surface area (Å²) in [6.45, 7) is 5.52. The molecule has 1 aliphatic carbocycles. The molecule has 0 N–H and O–H groups in total. The third-order valence-corrected chi connectivity index (χ3v) is 8.93. The smallest absolute Gasteiger partial charge is 0.254 e. The number of aryl methyl sites for hydroxylation is 1. The van der Waals surface area contributed by atoms with Crippen LogP contribution >= 0.6 is 0 Å². The molecule has 43 heavy (non-hydrogen) atoms. The maximum Gasteiger partial charge on any atom is 0.254 e. The van der Waals surface area contributed by atoms with Crippen molar-refractivity contribution in [2.75, 3.05) is 19.7 Å². The van der Waals surface area contributed by atoms with E-state index in [0.29, 0.717) is 66.6 Å². The molecule has 1 spiro atoms. The number of fused-ring (bicyclic) bond motifs is 2. The van der Waals surface area contributed by atoms with Crippen LogP contribution in [0.2, 0.25) is 0 Å². The number of benzene rings is 2. The Labute approximate surface area is 249 Å². The highest BCUT2D eigenvalue weighted by molar-refractivity contribution is 6.03. The molecule has 4 heterocycles. The summed E-state index contributed by atoms with van der Waals surface area (Å²) in [4.78, 5) is 44.3. The van der Waals surface area contributed by atoms with E-state index in [1.165, 1.54) is 12.3 Å². The van der Waals surface area contributed by atoms with Gasteiger partial charge in [-0.15, -0.1) is 0 Å². The van der Waals surface area contributed by atoms with E-state index in [1.807, 2.05) is 24.0 Å². The van der Waals surface area contributed by atoms with Crippen molar-refractivity contribution < 1.29 is 29.0 Å². The molecule has 1 amide bonds. The Morgan fingerprint density at radius 1 is 1.07 bits per heavy atom. The van der Waals surface area contributed by atoms with Crippen molar-refractivity contribution >= 4 is 28.6 Å². The highest BCUT2D eigenvalue weighted by Crippen LogP contribution is 2.43. The lowest BCUT2D eigenvalue weighted by molar-refractivity contribution is -0.255. The van der Waals surface area contributed by atoms with E-state index >= 15 is 0 Å². The number of nitrogens with zero attached hydrogens (tertiary/aromatic N) is 3. The average Bonchev–Trinajstić information content (AvgIpc) is 3.80. The minimum absolute atomic E-state index is 0.0286. The van der Waals surface area contributed by atoms with Gasteiger partial charge in [0.25, 0.3) is 5.91 Å². The Kier molecular flexibility index (Phi) is 6.49. The number of carbonyl (C=O) groups excluding carboxylic acids is 3. The summed E-state index contributed by atoms with van der Waals surface area (Å²) >= 11 is 0. The number of ketones is 1. The van der Waals surface area contributed by atoms with Gasteiger partial charge in [0.1, 0.15) is 17.1 Å². The molecule has 0 bridgehead atoms.